The Morgan fingerprint density at radius 3 is 2.48 bits per heavy atom. The summed E-state index contributed by atoms with van der Waals surface area (Å²) in [5.41, 5.74) is 0.692. The summed E-state index contributed by atoms with van der Waals surface area (Å²) < 4.78 is 12.1. The van der Waals surface area contributed by atoms with Gasteiger partial charge in [-0.3, -0.25) is 4.79 Å². The van der Waals surface area contributed by atoms with Gasteiger partial charge in [0.05, 0.1) is 19.6 Å². The molecule has 0 bridgehead atoms. The number of pyridine rings is 1. The molecule has 0 amide bonds. The predicted octanol–water partition coefficient (Wildman–Crippen LogP) is 2.06. The highest BCUT2D eigenvalue weighted by Gasteiger charge is 2.18. The van der Waals surface area contributed by atoms with Crippen LogP contribution >= 0.6 is 0 Å². The smallest absolute Gasteiger partial charge is 0.258 e. The Hall–Kier alpha value is -2.21. The standard InChI is InChI=1S/C17H23NO5/c1-4-6-11-9-12-13(17(21)18(11)7-5-8-19)10-14(22-2)15(20)16(12)23-3/h9-10,19-20H,4-8H2,1-3H3. The van der Waals surface area contributed by atoms with Crippen LogP contribution in [0.4, 0.5) is 0 Å². The number of aromatic nitrogens is 1. The summed E-state index contributed by atoms with van der Waals surface area (Å²) >= 11 is 0. The van der Waals surface area contributed by atoms with Crippen LogP contribution in [0.3, 0.4) is 0 Å². The average Bonchev–Trinajstić information content (AvgIpc) is 2.54. The Labute approximate surface area is 134 Å². The Balaban J connectivity index is 2.82. The molecular formula is C17H23NO5. The lowest BCUT2D eigenvalue weighted by atomic mass is 10.1. The number of phenols is 1. The molecule has 1 aromatic heterocycles. The molecule has 0 saturated heterocycles. The summed E-state index contributed by atoms with van der Waals surface area (Å²) in [5.74, 6) is 0.323. The molecule has 0 radical (unpaired) electrons. The largest absolute Gasteiger partial charge is 0.502 e. The molecule has 2 N–H and O–H groups in total. The fourth-order valence-electron chi connectivity index (χ4n) is 2.78. The molecular weight excluding hydrogens is 298 g/mol. The van der Waals surface area contributed by atoms with Crippen molar-refractivity contribution >= 4 is 10.8 Å². The topological polar surface area (TPSA) is 80.9 Å². The van der Waals surface area contributed by atoms with Crippen LogP contribution in [0.15, 0.2) is 16.9 Å². The first kappa shape index (κ1) is 17.1. The Morgan fingerprint density at radius 1 is 1.17 bits per heavy atom. The maximum absolute atomic E-state index is 12.9. The molecule has 6 heteroatoms. The molecule has 2 aromatic rings. The predicted molar refractivity (Wildman–Crippen MR) is 88.7 cm³/mol. The average molecular weight is 321 g/mol. The van der Waals surface area contributed by atoms with Gasteiger partial charge in [-0.15, -0.1) is 0 Å². The first-order valence-corrected chi connectivity index (χ1v) is 7.70. The van der Waals surface area contributed by atoms with Crippen molar-refractivity contribution in [1.82, 2.24) is 4.57 Å². The van der Waals surface area contributed by atoms with E-state index in [0.29, 0.717) is 23.7 Å². The van der Waals surface area contributed by atoms with Crippen LogP contribution < -0.4 is 15.0 Å². The lowest BCUT2D eigenvalue weighted by Crippen LogP contribution is -2.24. The van der Waals surface area contributed by atoms with Crippen LogP contribution in [0.25, 0.3) is 10.8 Å². The van der Waals surface area contributed by atoms with Gasteiger partial charge in [0.1, 0.15) is 0 Å². The normalized spacial score (nSPS) is 11.0. The molecule has 6 nitrogen and oxygen atoms in total. The summed E-state index contributed by atoms with van der Waals surface area (Å²) in [6, 6.07) is 3.40. The van der Waals surface area contributed by atoms with Crippen LogP contribution in [0, 0.1) is 0 Å². The number of aliphatic hydroxyl groups is 1. The Kier molecular flexibility index (Phi) is 5.50. The highest BCUT2D eigenvalue weighted by molar-refractivity contribution is 5.92. The lowest BCUT2D eigenvalue weighted by molar-refractivity contribution is 0.278. The zero-order valence-electron chi connectivity index (χ0n) is 13.8. The number of aromatic hydroxyl groups is 1. The summed E-state index contributed by atoms with van der Waals surface area (Å²) in [6.45, 7) is 2.51. The van der Waals surface area contributed by atoms with E-state index in [-0.39, 0.29) is 29.4 Å². The molecule has 126 valence electrons. The highest BCUT2D eigenvalue weighted by atomic mass is 16.5. The van der Waals surface area contributed by atoms with Crippen LogP contribution in [0.1, 0.15) is 25.5 Å². The first-order valence-electron chi connectivity index (χ1n) is 7.70. The van der Waals surface area contributed by atoms with Crippen molar-refractivity contribution < 1.29 is 19.7 Å². The van der Waals surface area contributed by atoms with Gasteiger partial charge >= 0.3 is 0 Å². The van der Waals surface area contributed by atoms with E-state index in [0.717, 1.165) is 18.5 Å². The van der Waals surface area contributed by atoms with E-state index in [1.54, 1.807) is 4.57 Å². The van der Waals surface area contributed by atoms with Crippen molar-refractivity contribution in [2.75, 3.05) is 20.8 Å². The zero-order chi connectivity index (χ0) is 17.0. The monoisotopic (exact) mass is 321 g/mol. The molecule has 0 aliphatic rings. The van der Waals surface area contributed by atoms with Gasteiger partial charge in [-0.1, -0.05) is 13.3 Å². The minimum atomic E-state index is -0.170. The molecule has 0 unspecified atom stereocenters. The van der Waals surface area contributed by atoms with E-state index in [9.17, 15) is 9.90 Å². The number of benzene rings is 1. The van der Waals surface area contributed by atoms with Crippen molar-refractivity contribution in [1.29, 1.82) is 0 Å². The molecule has 2 rings (SSSR count). The van der Waals surface area contributed by atoms with Crippen molar-refractivity contribution in [2.24, 2.45) is 0 Å². The molecule has 0 aliphatic heterocycles. The highest BCUT2D eigenvalue weighted by Crippen LogP contribution is 2.41. The molecule has 0 fully saturated rings. The fourth-order valence-corrected chi connectivity index (χ4v) is 2.78. The Morgan fingerprint density at radius 2 is 1.91 bits per heavy atom. The zero-order valence-corrected chi connectivity index (χ0v) is 13.8. The lowest BCUT2D eigenvalue weighted by Gasteiger charge is -2.17. The second-order valence-corrected chi connectivity index (χ2v) is 5.34. The molecule has 1 aromatic carbocycles. The van der Waals surface area contributed by atoms with Gasteiger partial charge in [0.2, 0.25) is 5.75 Å². The van der Waals surface area contributed by atoms with E-state index in [1.165, 1.54) is 20.3 Å². The van der Waals surface area contributed by atoms with Crippen LogP contribution in [0.2, 0.25) is 0 Å². The maximum Gasteiger partial charge on any atom is 0.258 e. The third kappa shape index (κ3) is 3.12. The summed E-state index contributed by atoms with van der Waals surface area (Å²) in [4.78, 5) is 12.9. The number of aliphatic hydroxyl groups excluding tert-OH is 1. The molecule has 0 saturated carbocycles. The minimum Gasteiger partial charge on any atom is -0.502 e. The third-order valence-corrected chi connectivity index (χ3v) is 3.86. The molecule has 0 spiro atoms. The Bertz CT molecular complexity index is 751. The molecule has 0 aliphatic carbocycles. The van der Waals surface area contributed by atoms with Crippen molar-refractivity contribution in [2.45, 2.75) is 32.7 Å². The summed E-state index contributed by atoms with van der Waals surface area (Å²) in [7, 11) is 2.88. The van der Waals surface area contributed by atoms with E-state index < -0.39 is 0 Å². The fraction of sp³-hybridized carbons (Fsp3) is 0.471. The number of hydrogen-bond donors (Lipinski definition) is 2. The number of aryl methyl sites for hydroxylation is 1. The molecule has 23 heavy (non-hydrogen) atoms. The second-order valence-electron chi connectivity index (χ2n) is 5.34. The number of fused-ring (bicyclic) bond motifs is 1. The van der Waals surface area contributed by atoms with Gasteiger partial charge in [0, 0.05) is 24.2 Å². The van der Waals surface area contributed by atoms with Crippen LogP contribution in [0.5, 0.6) is 17.2 Å². The summed E-state index contributed by atoms with van der Waals surface area (Å²) in [5, 5.41) is 20.3. The first-order chi connectivity index (χ1) is 11.1. The van der Waals surface area contributed by atoms with Crippen LogP contribution in [-0.4, -0.2) is 35.6 Å². The van der Waals surface area contributed by atoms with E-state index in [4.69, 9.17) is 14.6 Å². The van der Waals surface area contributed by atoms with E-state index in [1.807, 2.05) is 13.0 Å². The van der Waals surface area contributed by atoms with Gasteiger partial charge in [0.15, 0.2) is 11.5 Å². The third-order valence-electron chi connectivity index (χ3n) is 3.86. The van der Waals surface area contributed by atoms with E-state index >= 15 is 0 Å². The summed E-state index contributed by atoms with van der Waals surface area (Å²) in [6.07, 6.45) is 2.12. The van der Waals surface area contributed by atoms with Crippen LogP contribution in [-0.2, 0) is 13.0 Å². The van der Waals surface area contributed by atoms with Crippen molar-refractivity contribution in [3.05, 3.63) is 28.2 Å². The minimum absolute atomic E-state index is 0.0261. The number of methoxy groups -OCH3 is 2. The number of phenolic OH excluding ortho intramolecular Hbond substituents is 1. The maximum atomic E-state index is 12.9. The van der Waals surface area contributed by atoms with Gasteiger partial charge in [-0.05, 0) is 25.0 Å². The van der Waals surface area contributed by atoms with E-state index in [2.05, 4.69) is 0 Å². The van der Waals surface area contributed by atoms with Gasteiger partial charge < -0.3 is 24.3 Å². The number of ether oxygens (including phenoxy) is 2. The van der Waals surface area contributed by atoms with Crippen molar-refractivity contribution in [3.8, 4) is 17.2 Å². The number of hydrogen-bond acceptors (Lipinski definition) is 5. The molecule has 1 heterocycles. The SMILES string of the molecule is CCCc1cc2c(OC)c(O)c(OC)cc2c(=O)n1CCCO. The van der Waals surface area contributed by atoms with Gasteiger partial charge in [-0.2, -0.15) is 0 Å². The quantitative estimate of drug-likeness (QED) is 0.816. The number of rotatable bonds is 7. The van der Waals surface area contributed by atoms with Gasteiger partial charge in [-0.25, -0.2) is 0 Å². The second kappa shape index (κ2) is 7.37. The number of nitrogens with zero attached hydrogens (tertiary/aromatic N) is 1. The van der Waals surface area contributed by atoms with Crippen molar-refractivity contribution in [3.63, 3.8) is 0 Å². The molecule has 0 atom stereocenters. The van der Waals surface area contributed by atoms with Gasteiger partial charge in [0.25, 0.3) is 5.56 Å².